The Hall–Kier alpha value is -2.60. The second-order valence-corrected chi connectivity index (χ2v) is 4.69. The van der Waals surface area contributed by atoms with Gasteiger partial charge in [0, 0.05) is 31.4 Å². The molecule has 1 aromatic carbocycles. The minimum Gasteiger partial charge on any atom is -0.492 e. The molecule has 2 heterocycles. The molecule has 108 valence electrons. The quantitative estimate of drug-likeness (QED) is 0.772. The maximum Gasteiger partial charge on any atom is 0.121 e. The second kappa shape index (κ2) is 5.80. The maximum atomic E-state index is 5.57. The maximum absolute atomic E-state index is 5.57. The third kappa shape index (κ3) is 2.80. The summed E-state index contributed by atoms with van der Waals surface area (Å²) in [6.45, 7) is 0.999. The number of rotatable bonds is 5. The molecule has 2 N–H and O–H groups in total. The van der Waals surface area contributed by atoms with E-state index in [4.69, 9.17) is 10.5 Å². The lowest BCUT2D eigenvalue weighted by Gasteiger charge is -2.09. The average molecular weight is 283 g/mol. The topological polar surface area (TPSA) is 70.9 Å². The minimum atomic E-state index is 0.496. The zero-order valence-electron chi connectivity index (χ0n) is 11.8. The Labute approximate surface area is 122 Å². The van der Waals surface area contributed by atoms with Gasteiger partial charge in [-0.2, -0.15) is 5.10 Å². The van der Waals surface area contributed by atoms with Crippen LogP contribution in [-0.2, 0) is 7.05 Å². The SMILES string of the molecule is Cn1cc(-c2cncn2-c2cccc(OCCN)c2)cn1. The van der Waals surface area contributed by atoms with Gasteiger partial charge >= 0.3 is 0 Å². The Morgan fingerprint density at radius 1 is 1.29 bits per heavy atom. The minimum absolute atomic E-state index is 0.496. The third-order valence-corrected chi connectivity index (χ3v) is 3.12. The first-order valence-corrected chi connectivity index (χ1v) is 6.72. The van der Waals surface area contributed by atoms with Crippen molar-refractivity contribution in [2.45, 2.75) is 0 Å². The lowest BCUT2D eigenvalue weighted by molar-refractivity contribution is 0.328. The molecule has 6 nitrogen and oxygen atoms in total. The molecule has 0 fully saturated rings. The number of ether oxygens (including phenoxy) is 1. The summed E-state index contributed by atoms with van der Waals surface area (Å²) in [4.78, 5) is 4.24. The van der Waals surface area contributed by atoms with Crippen LogP contribution in [0.4, 0.5) is 0 Å². The third-order valence-electron chi connectivity index (χ3n) is 3.12. The van der Waals surface area contributed by atoms with E-state index in [2.05, 4.69) is 10.1 Å². The summed E-state index contributed by atoms with van der Waals surface area (Å²) in [5.41, 5.74) is 8.45. The van der Waals surface area contributed by atoms with Crippen LogP contribution >= 0.6 is 0 Å². The first-order chi connectivity index (χ1) is 10.3. The second-order valence-electron chi connectivity index (χ2n) is 4.69. The van der Waals surface area contributed by atoms with Crippen LogP contribution in [0.15, 0.2) is 49.2 Å². The van der Waals surface area contributed by atoms with E-state index < -0.39 is 0 Å². The molecular formula is C15H17N5O. The van der Waals surface area contributed by atoms with Gasteiger partial charge in [0.15, 0.2) is 0 Å². The Kier molecular flexibility index (Phi) is 3.70. The number of nitrogens with zero attached hydrogens (tertiary/aromatic N) is 4. The van der Waals surface area contributed by atoms with Gasteiger partial charge in [-0.3, -0.25) is 9.25 Å². The summed E-state index contributed by atoms with van der Waals surface area (Å²) in [5, 5.41) is 4.20. The van der Waals surface area contributed by atoms with E-state index in [1.807, 2.05) is 54.5 Å². The van der Waals surface area contributed by atoms with Crippen molar-refractivity contribution < 1.29 is 4.74 Å². The fourth-order valence-electron chi connectivity index (χ4n) is 2.17. The van der Waals surface area contributed by atoms with E-state index in [-0.39, 0.29) is 0 Å². The molecule has 3 rings (SSSR count). The molecule has 0 saturated carbocycles. The van der Waals surface area contributed by atoms with Crippen molar-refractivity contribution in [3.63, 3.8) is 0 Å². The number of hydrogen-bond donors (Lipinski definition) is 1. The standard InChI is InChI=1S/C15H17N5O/c1-19-10-12(8-18-19)15-9-17-11-20(15)13-3-2-4-14(7-13)21-6-5-16/h2-4,7-11H,5-6,16H2,1H3. The van der Waals surface area contributed by atoms with Crippen LogP contribution in [0.3, 0.4) is 0 Å². The molecule has 2 aromatic heterocycles. The fourth-order valence-corrected chi connectivity index (χ4v) is 2.17. The van der Waals surface area contributed by atoms with Crippen molar-refractivity contribution in [3.8, 4) is 22.7 Å². The lowest BCUT2D eigenvalue weighted by Crippen LogP contribution is -2.10. The van der Waals surface area contributed by atoms with Crippen LogP contribution in [0.25, 0.3) is 16.9 Å². The largest absolute Gasteiger partial charge is 0.492 e. The van der Waals surface area contributed by atoms with E-state index in [9.17, 15) is 0 Å². The van der Waals surface area contributed by atoms with Gasteiger partial charge in [-0.15, -0.1) is 0 Å². The van der Waals surface area contributed by atoms with E-state index in [0.717, 1.165) is 22.7 Å². The van der Waals surface area contributed by atoms with Gasteiger partial charge in [-0.1, -0.05) is 6.07 Å². The van der Waals surface area contributed by atoms with E-state index >= 15 is 0 Å². The number of benzene rings is 1. The highest BCUT2D eigenvalue weighted by atomic mass is 16.5. The van der Waals surface area contributed by atoms with Gasteiger partial charge in [0.05, 0.1) is 30.1 Å². The molecule has 0 bridgehead atoms. The monoisotopic (exact) mass is 283 g/mol. The molecule has 3 aromatic rings. The van der Waals surface area contributed by atoms with Crippen molar-refractivity contribution in [1.29, 1.82) is 0 Å². The van der Waals surface area contributed by atoms with Gasteiger partial charge in [0.2, 0.25) is 0 Å². The molecule has 0 radical (unpaired) electrons. The Bertz CT molecular complexity index is 731. The van der Waals surface area contributed by atoms with Gasteiger partial charge in [-0.25, -0.2) is 4.98 Å². The zero-order valence-corrected chi connectivity index (χ0v) is 11.8. The van der Waals surface area contributed by atoms with Crippen molar-refractivity contribution in [3.05, 3.63) is 49.2 Å². The van der Waals surface area contributed by atoms with Crippen LogP contribution < -0.4 is 10.5 Å². The molecule has 0 aliphatic carbocycles. The Morgan fingerprint density at radius 3 is 2.95 bits per heavy atom. The molecule has 0 atom stereocenters. The first-order valence-electron chi connectivity index (χ1n) is 6.72. The summed E-state index contributed by atoms with van der Waals surface area (Å²) < 4.78 is 9.35. The van der Waals surface area contributed by atoms with E-state index in [1.165, 1.54) is 0 Å². The number of aromatic nitrogens is 4. The fraction of sp³-hybridized carbons (Fsp3) is 0.200. The highest BCUT2D eigenvalue weighted by Crippen LogP contribution is 2.24. The molecule has 0 aliphatic rings. The Morgan fingerprint density at radius 2 is 2.19 bits per heavy atom. The zero-order chi connectivity index (χ0) is 14.7. The van der Waals surface area contributed by atoms with E-state index in [1.54, 1.807) is 11.0 Å². The average Bonchev–Trinajstić information content (AvgIpc) is 3.13. The van der Waals surface area contributed by atoms with Gasteiger partial charge in [-0.05, 0) is 12.1 Å². The van der Waals surface area contributed by atoms with Crippen LogP contribution in [-0.4, -0.2) is 32.5 Å². The first kappa shape index (κ1) is 13.4. The van der Waals surface area contributed by atoms with Crippen molar-refractivity contribution in [1.82, 2.24) is 19.3 Å². The highest BCUT2D eigenvalue weighted by molar-refractivity contribution is 5.60. The highest BCUT2D eigenvalue weighted by Gasteiger charge is 2.09. The van der Waals surface area contributed by atoms with Crippen molar-refractivity contribution >= 4 is 0 Å². The summed E-state index contributed by atoms with van der Waals surface area (Å²) in [6, 6.07) is 7.85. The molecular weight excluding hydrogens is 266 g/mol. The molecule has 0 saturated heterocycles. The Balaban J connectivity index is 1.96. The van der Waals surface area contributed by atoms with Crippen molar-refractivity contribution in [2.24, 2.45) is 12.8 Å². The van der Waals surface area contributed by atoms with Gasteiger partial charge in [0.1, 0.15) is 12.4 Å². The predicted octanol–water partition coefficient (Wildman–Crippen LogP) is 1.61. The molecule has 0 aliphatic heterocycles. The van der Waals surface area contributed by atoms with Crippen LogP contribution in [0.5, 0.6) is 5.75 Å². The summed E-state index contributed by atoms with van der Waals surface area (Å²) in [6.07, 6.45) is 7.39. The van der Waals surface area contributed by atoms with E-state index in [0.29, 0.717) is 13.2 Å². The molecule has 0 unspecified atom stereocenters. The summed E-state index contributed by atoms with van der Waals surface area (Å²) in [7, 11) is 1.89. The van der Waals surface area contributed by atoms with Crippen LogP contribution in [0.2, 0.25) is 0 Å². The summed E-state index contributed by atoms with van der Waals surface area (Å²) >= 11 is 0. The van der Waals surface area contributed by atoms with Crippen molar-refractivity contribution in [2.75, 3.05) is 13.2 Å². The lowest BCUT2D eigenvalue weighted by atomic mass is 10.2. The number of hydrogen-bond acceptors (Lipinski definition) is 4. The molecule has 0 amide bonds. The predicted molar refractivity (Wildman–Crippen MR) is 80.3 cm³/mol. The number of aryl methyl sites for hydroxylation is 1. The molecule has 0 spiro atoms. The summed E-state index contributed by atoms with van der Waals surface area (Å²) in [5.74, 6) is 0.795. The van der Waals surface area contributed by atoms with Crippen LogP contribution in [0.1, 0.15) is 0 Å². The normalized spacial score (nSPS) is 10.8. The number of imidazole rings is 1. The van der Waals surface area contributed by atoms with Crippen LogP contribution in [0, 0.1) is 0 Å². The molecule has 21 heavy (non-hydrogen) atoms. The van der Waals surface area contributed by atoms with Gasteiger partial charge < -0.3 is 10.5 Å². The van der Waals surface area contributed by atoms with Gasteiger partial charge in [0.25, 0.3) is 0 Å². The molecule has 6 heteroatoms. The smallest absolute Gasteiger partial charge is 0.121 e. The number of nitrogens with two attached hydrogens (primary N) is 1.